The number of para-hydroxylation sites is 1. The topological polar surface area (TPSA) is 116 Å². The van der Waals surface area contributed by atoms with Crippen molar-refractivity contribution in [1.82, 2.24) is 14.9 Å². The normalized spacial score (nSPS) is 11.0. The van der Waals surface area contributed by atoms with Crippen LogP contribution in [0.25, 0.3) is 27.7 Å². The number of aromatic nitrogens is 3. The smallest absolute Gasteiger partial charge is 0.359 e. The van der Waals surface area contributed by atoms with E-state index in [0.29, 0.717) is 16.3 Å². The molecule has 0 aliphatic rings. The lowest BCUT2D eigenvalue weighted by atomic mass is 10.1. The molecule has 0 atom stereocenters. The number of ether oxygens (including phenoxy) is 1. The van der Waals surface area contributed by atoms with E-state index in [2.05, 4.69) is 15.6 Å². The van der Waals surface area contributed by atoms with Gasteiger partial charge in [0.05, 0.1) is 22.7 Å². The summed E-state index contributed by atoms with van der Waals surface area (Å²) < 4.78 is 11.6. The molecule has 5 aromatic rings. The molecule has 37 heavy (non-hydrogen) atoms. The summed E-state index contributed by atoms with van der Waals surface area (Å²) in [5.41, 5.74) is 0.908. The van der Waals surface area contributed by atoms with Gasteiger partial charge in [-0.1, -0.05) is 53.2 Å². The van der Waals surface area contributed by atoms with Crippen molar-refractivity contribution in [2.75, 3.05) is 11.9 Å². The molecule has 5 rings (SSSR count). The molecule has 3 heterocycles. The zero-order valence-electron chi connectivity index (χ0n) is 19.6. The number of carbonyl (C=O) groups excluding carboxylic acids is 2. The SMILES string of the molecule is CCOC(=O)c1nn(-c2ccccc2)c(=O)c2c(NC(=O)c3c(-c4ccccc4Cl)noc3C)scc12. The number of benzene rings is 2. The van der Waals surface area contributed by atoms with Crippen LogP contribution < -0.4 is 10.9 Å². The third-order valence-corrected chi connectivity index (χ3v) is 6.79. The molecular formula is C26H19ClN4O5S. The van der Waals surface area contributed by atoms with Gasteiger partial charge in [-0.2, -0.15) is 9.78 Å². The Kier molecular flexibility index (Phi) is 6.60. The zero-order valence-corrected chi connectivity index (χ0v) is 21.2. The highest BCUT2D eigenvalue weighted by Gasteiger charge is 2.27. The first-order chi connectivity index (χ1) is 17.9. The number of nitrogens with one attached hydrogen (secondary N) is 1. The molecule has 0 unspecified atom stereocenters. The Bertz CT molecular complexity index is 1710. The second-order valence-electron chi connectivity index (χ2n) is 7.87. The fourth-order valence-corrected chi connectivity index (χ4v) is 5.04. The average Bonchev–Trinajstić information content (AvgIpc) is 3.49. The van der Waals surface area contributed by atoms with Gasteiger partial charge in [-0.3, -0.25) is 9.59 Å². The van der Waals surface area contributed by atoms with Crippen LogP contribution in [0, 0.1) is 6.92 Å². The van der Waals surface area contributed by atoms with Crippen molar-refractivity contribution in [3.63, 3.8) is 0 Å². The summed E-state index contributed by atoms with van der Waals surface area (Å²) in [7, 11) is 0. The Hall–Kier alpha value is -4.28. The van der Waals surface area contributed by atoms with E-state index in [4.69, 9.17) is 20.9 Å². The first-order valence-electron chi connectivity index (χ1n) is 11.2. The zero-order chi connectivity index (χ0) is 26.1. The Morgan fingerprint density at radius 3 is 2.59 bits per heavy atom. The van der Waals surface area contributed by atoms with Crippen molar-refractivity contribution in [1.29, 1.82) is 0 Å². The number of carbonyl (C=O) groups is 2. The maximum atomic E-state index is 13.6. The predicted molar refractivity (Wildman–Crippen MR) is 141 cm³/mol. The highest BCUT2D eigenvalue weighted by atomic mass is 35.5. The van der Waals surface area contributed by atoms with Gasteiger partial charge >= 0.3 is 5.97 Å². The Balaban J connectivity index is 1.64. The second kappa shape index (κ2) is 10.00. The summed E-state index contributed by atoms with van der Waals surface area (Å²) in [6.45, 7) is 3.43. The molecule has 2 aromatic carbocycles. The third-order valence-electron chi connectivity index (χ3n) is 5.57. The molecule has 1 amide bonds. The van der Waals surface area contributed by atoms with Gasteiger partial charge < -0.3 is 14.6 Å². The summed E-state index contributed by atoms with van der Waals surface area (Å²) in [6.07, 6.45) is 0. The highest BCUT2D eigenvalue weighted by molar-refractivity contribution is 7.16. The number of rotatable bonds is 6. The van der Waals surface area contributed by atoms with Crippen LogP contribution in [-0.2, 0) is 4.74 Å². The van der Waals surface area contributed by atoms with Crippen LogP contribution in [0.15, 0.2) is 69.3 Å². The molecule has 0 radical (unpaired) electrons. The number of aryl methyl sites for hydroxylation is 1. The van der Waals surface area contributed by atoms with Gasteiger partial charge in [0.1, 0.15) is 22.0 Å². The van der Waals surface area contributed by atoms with Crippen LogP contribution in [0.3, 0.4) is 0 Å². The van der Waals surface area contributed by atoms with Crippen molar-refractivity contribution in [3.05, 3.63) is 92.4 Å². The summed E-state index contributed by atoms with van der Waals surface area (Å²) >= 11 is 7.43. The number of halogens is 1. The number of fused-ring (bicyclic) bond motifs is 1. The summed E-state index contributed by atoms with van der Waals surface area (Å²) in [5.74, 6) is -0.940. The molecule has 0 aliphatic carbocycles. The largest absolute Gasteiger partial charge is 0.461 e. The van der Waals surface area contributed by atoms with Gasteiger partial charge in [0.15, 0.2) is 5.69 Å². The van der Waals surface area contributed by atoms with Crippen molar-refractivity contribution in [2.24, 2.45) is 0 Å². The van der Waals surface area contributed by atoms with Gasteiger partial charge in [-0.15, -0.1) is 11.3 Å². The molecule has 0 spiro atoms. The summed E-state index contributed by atoms with van der Waals surface area (Å²) in [4.78, 5) is 39.8. The van der Waals surface area contributed by atoms with Gasteiger partial charge in [0.25, 0.3) is 11.5 Å². The van der Waals surface area contributed by atoms with Crippen LogP contribution in [0.5, 0.6) is 0 Å². The fourth-order valence-electron chi connectivity index (χ4n) is 3.88. The first kappa shape index (κ1) is 24.4. The van der Waals surface area contributed by atoms with Crippen LogP contribution in [0.1, 0.15) is 33.5 Å². The molecule has 186 valence electrons. The molecule has 9 nitrogen and oxygen atoms in total. The molecule has 1 N–H and O–H groups in total. The minimum absolute atomic E-state index is 0.0324. The molecule has 0 fully saturated rings. The third kappa shape index (κ3) is 4.41. The molecule has 0 saturated heterocycles. The molecule has 0 bridgehead atoms. The van der Waals surface area contributed by atoms with Crippen LogP contribution in [0.2, 0.25) is 5.02 Å². The Labute approximate surface area is 219 Å². The van der Waals surface area contributed by atoms with Crippen LogP contribution >= 0.6 is 22.9 Å². The maximum absolute atomic E-state index is 13.6. The average molecular weight is 535 g/mol. The Morgan fingerprint density at radius 1 is 1.14 bits per heavy atom. The van der Waals surface area contributed by atoms with E-state index in [1.807, 2.05) is 0 Å². The van der Waals surface area contributed by atoms with Crippen LogP contribution in [0.4, 0.5) is 5.00 Å². The second-order valence-corrected chi connectivity index (χ2v) is 9.16. The predicted octanol–water partition coefficient (Wildman–Crippen LogP) is 5.49. The lowest BCUT2D eigenvalue weighted by Crippen LogP contribution is -2.25. The van der Waals surface area contributed by atoms with Gasteiger partial charge in [-0.25, -0.2) is 4.79 Å². The highest BCUT2D eigenvalue weighted by Crippen LogP contribution is 2.34. The van der Waals surface area contributed by atoms with Crippen molar-refractivity contribution in [3.8, 4) is 16.9 Å². The number of anilines is 1. The number of thiophene rings is 1. The van der Waals surface area contributed by atoms with Gasteiger partial charge in [0, 0.05) is 16.3 Å². The number of esters is 1. The van der Waals surface area contributed by atoms with E-state index in [9.17, 15) is 14.4 Å². The number of hydrogen-bond donors (Lipinski definition) is 1. The van der Waals surface area contributed by atoms with Crippen LogP contribution in [-0.4, -0.2) is 33.4 Å². The van der Waals surface area contributed by atoms with E-state index in [1.54, 1.807) is 73.8 Å². The van der Waals surface area contributed by atoms with E-state index in [1.165, 1.54) is 0 Å². The summed E-state index contributed by atoms with van der Waals surface area (Å²) in [5, 5.41) is 13.8. The lowest BCUT2D eigenvalue weighted by molar-refractivity contribution is 0.0520. The van der Waals surface area contributed by atoms with Crippen molar-refractivity contribution >= 4 is 50.6 Å². The van der Waals surface area contributed by atoms with Gasteiger partial charge in [-0.05, 0) is 32.0 Å². The molecule has 3 aromatic heterocycles. The molecular weight excluding hydrogens is 516 g/mol. The fraction of sp³-hybridized carbons (Fsp3) is 0.115. The lowest BCUT2D eigenvalue weighted by Gasteiger charge is -2.10. The standard InChI is InChI=1S/C26H19ClN4O5S/c1-3-35-26(34)22-17-13-37-24(20(17)25(33)31(29-22)15-9-5-4-6-10-15)28-23(32)19-14(2)36-30-21(19)16-11-7-8-12-18(16)27/h4-13H,3H2,1-2H3,(H,28,32). The number of amides is 1. The minimum atomic E-state index is -0.677. The monoisotopic (exact) mass is 534 g/mol. The molecule has 11 heteroatoms. The Morgan fingerprint density at radius 2 is 1.86 bits per heavy atom. The van der Waals surface area contributed by atoms with E-state index in [0.717, 1.165) is 16.0 Å². The van der Waals surface area contributed by atoms with Crippen molar-refractivity contribution < 1.29 is 18.8 Å². The minimum Gasteiger partial charge on any atom is -0.461 e. The van der Waals surface area contributed by atoms with E-state index >= 15 is 0 Å². The number of hydrogen-bond acceptors (Lipinski definition) is 8. The van der Waals surface area contributed by atoms with Crippen molar-refractivity contribution in [2.45, 2.75) is 13.8 Å². The molecule has 0 aliphatic heterocycles. The quantitative estimate of drug-likeness (QED) is 0.286. The maximum Gasteiger partial charge on any atom is 0.359 e. The van der Waals surface area contributed by atoms with Gasteiger partial charge in [0.2, 0.25) is 0 Å². The molecule has 0 saturated carbocycles. The number of nitrogens with zero attached hydrogens (tertiary/aromatic N) is 3. The summed E-state index contributed by atoms with van der Waals surface area (Å²) in [6, 6.07) is 15.6. The first-order valence-corrected chi connectivity index (χ1v) is 12.5. The van der Waals surface area contributed by atoms with E-state index in [-0.39, 0.29) is 45.1 Å². The van der Waals surface area contributed by atoms with E-state index < -0.39 is 17.4 Å².